The normalized spacial score (nSPS) is 12.7. The van der Waals surface area contributed by atoms with Crippen LogP contribution in [0.3, 0.4) is 0 Å². The van der Waals surface area contributed by atoms with Gasteiger partial charge in [0.25, 0.3) is 0 Å². The topological polar surface area (TPSA) is 3.24 Å². The first-order valence-corrected chi connectivity index (χ1v) is 21.8. The Labute approximate surface area is 360 Å². The van der Waals surface area contributed by atoms with Crippen LogP contribution < -0.4 is 4.90 Å². The molecule has 1 aliphatic carbocycles. The van der Waals surface area contributed by atoms with Gasteiger partial charge in [-0.05, 0) is 115 Å². The predicted octanol–water partition coefficient (Wildman–Crippen LogP) is 16.4. The molecule has 2 heteroatoms. The van der Waals surface area contributed by atoms with Crippen molar-refractivity contribution in [1.82, 2.24) is 0 Å². The van der Waals surface area contributed by atoms with Crippen molar-refractivity contribution in [2.45, 2.75) is 5.41 Å². The van der Waals surface area contributed by atoms with Crippen LogP contribution in [0.2, 0.25) is 0 Å². The maximum absolute atomic E-state index is 2.49. The Hall–Kier alpha value is -7.52. The van der Waals surface area contributed by atoms with Gasteiger partial charge in [-0.15, -0.1) is 11.3 Å². The van der Waals surface area contributed by atoms with Crippen LogP contribution in [0.5, 0.6) is 0 Å². The molecule has 0 saturated heterocycles. The molecule has 1 nitrogen and oxygen atoms in total. The minimum Gasteiger partial charge on any atom is -0.310 e. The fraction of sp³-hybridized carbons (Fsp3) is 0.0169. The van der Waals surface area contributed by atoms with E-state index in [4.69, 9.17) is 0 Å². The Bertz CT molecular complexity index is 3400. The smallest absolute Gasteiger partial charge is 0.0714 e. The Morgan fingerprint density at radius 3 is 1.66 bits per heavy atom. The molecule has 0 N–H and O–H groups in total. The summed E-state index contributed by atoms with van der Waals surface area (Å²) < 4.78 is 2.63. The number of rotatable bonds is 7. The number of hydrogen-bond acceptors (Lipinski definition) is 2. The fourth-order valence-electron chi connectivity index (χ4n) is 10.0. The van der Waals surface area contributed by atoms with Crippen molar-refractivity contribution in [3.8, 4) is 33.4 Å². The molecule has 0 aliphatic heterocycles. The number of nitrogens with zero attached hydrogens (tertiary/aromatic N) is 1. The molecule has 1 aliphatic rings. The average molecular weight is 794 g/mol. The molecule has 0 fully saturated rings. The maximum atomic E-state index is 2.49. The van der Waals surface area contributed by atoms with E-state index in [9.17, 15) is 0 Å². The minimum absolute atomic E-state index is 0.510. The molecule has 0 amide bonds. The van der Waals surface area contributed by atoms with Gasteiger partial charge in [-0.3, -0.25) is 0 Å². The first kappa shape index (κ1) is 35.4. The standard InChI is InChI=1S/C59H39NS/c1-3-20-46(21-4-1)59(47-22-5-2-6-23-47)53-28-11-9-27-51(53)58-54(59)29-15-30-55(58)60(48-24-13-18-42(37-48)44-33-32-40-16-7-8-17-41(40)36-44)49-25-14-19-43(38-49)45-34-35-57-52(39-45)50-26-10-12-31-56(50)61-57/h1-39H. The molecule has 0 radical (unpaired) electrons. The van der Waals surface area contributed by atoms with E-state index in [-0.39, 0.29) is 0 Å². The zero-order valence-electron chi connectivity index (χ0n) is 33.4. The van der Waals surface area contributed by atoms with Gasteiger partial charge in [0.05, 0.1) is 11.1 Å². The third kappa shape index (κ3) is 5.68. The third-order valence-corrected chi connectivity index (χ3v) is 13.9. The van der Waals surface area contributed by atoms with E-state index in [1.807, 2.05) is 11.3 Å². The van der Waals surface area contributed by atoms with Crippen molar-refractivity contribution in [1.29, 1.82) is 0 Å². The highest BCUT2D eigenvalue weighted by Crippen LogP contribution is 2.59. The molecule has 0 spiro atoms. The summed E-state index contributed by atoms with van der Waals surface area (Å²) in [5.41, 5.74) is 15.2. The molecule has 1 aromatic heterocycles. The number of hydrogen-bond donors (Lipinski definition) is 0. The molecular formula is C59H39NS. The van der Waals surface area contributed by atoms with Crippen molar-refractivity contribution in [3.63, 3.8) is 0 Å². The summed E-state index contributed by atoms with van der Waals surface area (Å²) in [7, 11) is 0. The molecule has 10 aromatic carbocycles. The quantitative estimate of drug-likeness (QED) is 0.155. The molecule has 0 bridgehead atoms. The van der Waals surface area contributed by atoms with Crippen molar-refractivity contribution in [2.24, 2.45) is 0 Å². The SMILES string of the molecule is c1ccc(C2(c3ccccc3)c3ccccc3-c3c(N(c4cccc(-c5ccc6ccccc6c5)c4)c4cccc(-c5ccc6sc7ccccc7c6c5)c4)cccc32)cc1. The van der Waals surface area contributed by atoms with E-state index in [2.05, 4.69) is 241 Å². The van der Waals surface area contributed by atoms with Crippen LogP contribution >= 0.6 is 11.3 Å². The van der Waals surface area contributed by atoms with Gasteiger partial charge in [0, 0.05) is 37.1 Å². The minimum atomic E-state index is -0.510. The maximum Gasteiger partial charge on any atom is 0.0714 e. The van der Waals surface area contributed by atoms with Gasteiger partial charge in [-0.25, -0.2) is 0 Å². The predicted molar refractivity (Wildman–Crippen MR) is 260 cm³/mol. The van der Waals surface area contributed by atoms with Gasteiger partial charge in [0.2, 0.25) is 0 Å². The number of fused-ring (bicyclic) bond motifs is 7. The Balaban J connectivity index is 1.11. The summed E-state index contributed by atoms with van der Waals surface area (Å²) in [5.74, 6) is 0. The molecule has 0 saturated carbocycles. The Morgan fingerprint density at radius 1 is 0.344 bits per heavy atom. The number of thiophene rings is 1. The van der Waals surface area contributed by atoms with Crippen molar-refractivity contribution in [2.75, 3.05) is 4.90 Å². The van der Waals surface area contributed by atoms with Gasteiger partial charge < -0.3 is 4.90 Å². The van der Waals surface area contributed by atoms with Crippen LogP contribution in [0.1, 0.15) is 22.3 Å². The summed E-state index contributed by atoms with van der Waals surface area (Å²) in [6.07, 6.45) is 0. The molecule has 0 atom stereocenters. The lowest BCUT2D eigenvalue weighted by Gasteiger charge is -2.34. The summed E-state index contributed by atoms with van der Waals surface area (Å²) in [6.45, 7) is 0. The van der Waals surface area contributed by atoms with Crippen molar-refractivity contribution >= 4 is 59.3 Å². The van der Waals surface area contributed by atoms with Crippen LogP contribution in [0.4, 0.5) is 17.1 Å². The van der Waals surface area contributed by atoms with Gasteiger partial charge >= 0.3 is 0 Å². The zero-order chi connectivity index (χ0) is 40.3. The lowest BCUT2D eigenvalue weighted by atomic mass is 9.68. The Morgan fingerprint density at radius 2 is 0.902 bits per heavy atom. The van der Waals surface area contributed by atoms with E-state index in [0.717, 1.165) is 17.1 Å². The van der Waals surface area contributed by atoms with Crippen LogP contribution in [0, 0.1) is 0 Å². The van der Waals surface area contributed by atoms with E-state index in [1.54, 1.807) is 0 Å². The molecule has 286 valence electrons. The van der Waals surface area contributed by atoms with Gasteiger partial charge in [0.1, 0.15) is 0 Å². The monoisotopic (exact) mass is 793 g/mol. The van der Waals surface area contributed by atoms with Crippen molar-refractivity contribution < 1.29 is 0 Å². The van der Waals surface area contributed by atoms with Crippen LogP contribution in [-0.2, 0) is 5.41 Å². The van der Waals surface area contributed by atoms with Gasteiger partial charge in [-0.2, -0.15) is 0 Å². The first-order chi connectivity index (χ1) is 30.2. The van der Waals surface area contributed by atoms with E-state index in [1.165, 1.54) is 86.6 Å². The highest BCUT2D eigenvalue weighted by Gasteiger charge is 2.47. The van der Waals surface area contributed by atoms with Crippen LogP contribution in [-0.4, -0.2) is 0 Å². The largest absolute Gasteiger partial charge is 0.310 e. The second-order valence-corrected chi connectivity index (χ2v) is 17.1. The zero-order valence-corrected chi connectivity index (χ0v) is 34.2. The second kappa shape index (κ2) is 14.3. The molecule has 11 aromatic rings. The van der Waals surface area contributed by atoms with E-state index < -0.39 is 5.41 Å². The number of anilines is 3. The summed E-state index contributed by atoms with van der Waals surface area (Å²) in [4.78, 5) is 2.49. The van der Waals surface area contributed by atoms with Gasteiger partial charge in [-0.1, -0.05) is 182 Å². The molecule has 61 heavy (non-hydrogen) atoms. The molecule has 0 unspecified atom stereocenters. The first-order valence-electron chi connectivity index (χ1n) is 21.0. The lowest BCUT2D eigenvalue weighted by Crippen LogP contribution is -2.28. The number of benzene rings is 10. The van der Waals surface area contributed by atoms with Gasteiger partial charge in [0.15, 0.2) is 0 Å². The summed E-state index contributed by atoms with van der Waals surface area (Å²) in [6, 6.07) is 87.5. The highest BCUT2D eigenvalue weighted by atomic mass is 32.1. The molecular weight excluding hydrogens is 755 g/mol. The van der Waals surface area contributed by atoms with Crippen LogP contribution in [0.25, 0.3) is 64.3 Å². The molecule has 1 heterocycles. The van der Waals surface area contributed by atoms with Crippen LogP contribution in [0.15, 0.2) is 237 Å². The fourth-order valence-corrected chi connectivity index (χ4v) is 11.1. The summed E-state index contributed by atoms with van der Waals surface area (Å²) >= 11 is 1.86. The second-order valence-electron chi connectivity index (χ2n) is 16.0. The summed E-state index contributed by atoms with van der Waals surface area (Å²) in [5, 5.41) is 5.10. The molecule has 12 rings (SSSR count). The van der Waals surface area contributed by atoms with E-state index >= 15 is 0 Å². The Kier molecular flexibility index (Phi) is 8.33. The third-order valence-electron chi connectivity index (χ3n) is 12.7. The highest BCUT2D eigenvalue weighted by molar-refractivity contribution is 7.25. The van der Waals surface area contributed by atoms with Crippen molar-refractivity contribution in [3.05, 3.63) is 259 Å². The average Bonchev–Trinajstić information content (AvgIpc) is 3.86. The van der Waals surface area contributed by atoms with E-state index in [0.29, 0.717) is 0 Å². The lowest BCUT2D eigenvalue weighted by molar-refractivity contribution is 0.768.